The van der Waals surface area contributed by atoms with Crippen LogP contribution in [0.5, 0.6) is 17.2 Å². The lowest BCUT2D eigenvalue weighted by Gasteiger charge is -2.22. The minimum absolute atomic E-state index is 0.0975. The van der Waals surface area contributed by atoms with Crippen molar-refractivity contribution in [2.24, 2.45) is 5.92 Å². The molecule has 2 aromatic rings. The second-order valence-corrected chi connectivity index (χ2v) is 6.56. The van der Waals surface area contributed by atoms with Crippen molar-refractivity contribution >= 4 is 17.5 Å². The lowest BCUT2D eigenvalue weighted by Crippen LogP contribution is -2.34. The first kappa shape index (κ1) is 19.6. The van der Waals surface area contributed by atoms with Crippen LogP contribution in [0.25, 0.3) is 0 Å². The first-order valence-corrected chi connectivity index (χ1v) is 8.86. The molecule has 0 radical (unpaired) electrons. The lowest BCUT2D eigenvalue weighted by atomic mass is 10.1. The molecule has 0 N–H and O–H groups in total. The number of hydrogen-bond donors (Lipinski definition) is 0. The van der Waals surface area contributed by atoms with Crippen LogP contribution in [0.2, 0.25) is 0 Å². The zero-order valence-electron chi connectivity index (χ0n) is 16.4. The predicted octanol–water partition coefficient (Wildman–Crippen LogP) is 2.32. The minimum Gasteiger partial charge on any atom is -0.493 e. The molecule has 2 amide bonds. The van der Waals surface area contributed by atoms with Gasteiger partial charge in [-0.25, -0.2) is 0 Å². The van der Waals surface area contributed by atoms with E-state index in [0.29, 0.717) is 41.8 Å². The fraction of sp³-hybridized carbons (Fsp3) is 0.400. The summed E-state index contributed by atoms with van der Waals surface area (Å²) in [5.74, 6) is 1.40. The summed E-state index contributed by atoms with van der Waals surface area (Å²) >= 11 is 0. The normalized spacial score (nSPS) is 16.2. The highest BCUT2D eigenvalue weighted by Gasteiger charge is 2.37. The van der Waals surface area contributed by atoms with Crippen molar-refractivity contribution in [3.8, 4) is 17.2 Å². The fourth-order valence-corrected chi connectivity index (χ4v) is 3.37. The van der Waals surface area contributed by atoms with Crippen LogP contribution >= 0.6 is 0 Å². The van der Waals surface area contributed by atoms with E-state index in [4.69, 9.17) is 18.6 Å². The minimum atomic E-state index is -0.424. The first-order valence-electron chi connectivity index (χ1n) is 8.86. The summed E-state index contributed by atoms with van der Waals surface area (Å²) in [7, 11) is 6.26. The molecule has 1 aliphatic heterocycles. The van der Waals surface area contributed by atoms with Gasteiger partial charge in [-0.1, -0.05) is 0 Å². The highest BCUT2D eigenvalue weighted by Crippen LogP contribution is 2.42. The predicted molar refractivity (Wildman–Crippen MR) is 102 cm³/mol. The molecule has 150 valence electrons. The Balaban J connectivity index is 1.78. The van der Waals surface area contributed by atoms with Crippen LogP contribution in [0.1, 0.15) is 12.2 Å². The molecule has 1 unspecified atom stereocenters. The monoisotopic (exact) mass is 388 g/mol. The van der Waals surface area contributed by atoms with Gasteiger partial charge in [-0.3, -0.25) is 9.59 Å². The number of nitrogens with zero attached hydrogens (tertiary/aromatic N) is 2. The number of carbonyl (C=O) groups is 2. The quantitative estimate of drug-likeness (QED) is 0.724. The Kier molecular flexibility index (Phi) is 5.77. The molecular weight excluding hydrogens is 364 g/mol. The van der Waals surface area contributed by atoms with E-state index in [2.05, 4.69) is 0 Å². The summed E-state index contributed by atoms with van der Waals surface area (Å²) in [5.41, 5.74) is 0.600. The highest BCUT2D eigenvalue weighted by molar-refractivity contribution is 6.00. The van der Waals surface area contributed by atoms with Gasteiger partial charge < -0.3 is 28.4 Å². The molecule has 0 spiro atoms. The topological polar surface area (TPSA) is 81.5 Å². The van der Waals surface area contributed by atoms with Crippen LogP contribution in [0.3, 0.4) is 0 Å². The standard InChI is InChI=1S/C20H24N2O6/c1-21(12-15-6-5-7-28-15)20(24)13-8-18(23)22(11-13)14-9-16(25-2)19(27-4)17(10-14)26-3/h5-7,9-10,13H,8,11-12H2,1-4H3. The Bertz CT molecular complexity index is 823. The maximum Gasteiger partial charge on any atom is 0.228 e. The molecular formula is C20H24N2O6. The molecule has 2 heterocycles. The molecule has 0 aliphatic carbocycles. The molecule has 1 aliphatic rings. The molecule has 1 saturated heterocycles. The highest BCUT2D eigenvalue weighted by atomic mass is 16.5. The van der Waals surface area contributed by atoms with Crippen LogP contribution in [0.4, 0.5) is 5.69 Å². The van der Waals surface area contributed by atoms with Crippen molar-refractivity contribution in [2.75, 3.05) is 39.8 Å². The first-order chi connectivity index (χ1) is 13.5. The number of furan rings is 1. The Morgan fingerprint density at radius 1 is 1.21 bits per heavy atom. The molecule has 8 heteroatoms. The Morgan fingerprint density at radius 3 is 2.43 bits per heavy atom. The third-order valence-corrected chi connectivity index (χ3v) is 4.78. The van der Waals surface area contributed by atoms with Crippen LogP contribution < -0.4 is 19.1 Å². The van der Waals surface area contributed by atoms with E-state index in [9.17, 15) is 9.59 Å². The molecule has 1 fully saturated rings. The number of ether oxygens (including phenoxy) is 3. The van der Waals surface area contributed by atoms with Crippen LogP contribution in [0, 0.1) is 5.92 Å². The van der Waals surface area contributed by atoms with E-state index < -0.39 is 5.92 Å². The van der Waals surface area contributed by atoms with Crippen molar-refractivity contribution in [3.05, 3.63) is 36.3 Å². The fourth-order valence-electron chi connectivity index (χ4n) is 3.37. The molecule has 3 rings (SSSR count). The molecule has 1 aromatic carbocycles. The van der Waals surface area contributed by atoms with Gasteiger partial charge in [0.15, 0.2) is 11.5 Å². The van der Waals surface area contributed by atoms with Crippen LogP contribution in [-0.2, 0) is 16.1 Å². The number of amides is 2. The molecule has 1 aromatic heterocycles. The number of carbonyl (C=O) groups excluding carboxylic acids is 2. The number of hydrogen-bond acceptors (Lipinski definition) is 6. The third kappa shape index (κ3) is 3.76. The maximum absolute atomic E-state index is 12.8. The van der Waals surface area contributed by atoms with Crippen LogP contribution in [0.15, 0.2) is 34.9 Å². The molecule has 0 bridgehead atoms. The Labute approximate surface area is 163 Å². The zero-order chi connectivity index (χ0) is 20.3. The third-order valence-electron chi connectivity index (χ3n) is 4.78. The average Bonchev–Trinajstić information content (AvgIpc) is 3.35. The summed E-state index contributed by atoms with van der Waals surface area (Å²) in [4.78, 5) is 28.5. The maximum atomic E-state index is 12.8. The smallest absolute Gasteiger partial charge is 0.228 e. The van der Waals surface area contributed by atoms with Gasteiger partial charge in [0.2, 0.25) is 17.6 Å². The molecule has 28 heavy (non-hydrogen) atoms. The summed E-state index contributed by atoms with van der Waals surface area (Å²) in [6.07, 6.45) is 1.72. The van der Waals surface area contributed by atoms with Crippen molar-refractivity contribution in [1.29, 1.82) is 0 Å². The van der Waals surface area contributed by atoms with E-state index in [1.54, 1.807) is 41.3 Å². The SMILES string of the molecule is COc1cc(N2CC(C(=O)N(C)Cc3ccco3)CC2=O)cc(OC)c1OC. The van der Waals surface area contributed by atoms with Gasteiger partial charge in [0.25, 0.3) is 0 Å². The Morgan fingerprint density at radius 2 is 1.89 bits per heavy atom. The Hall–Kier alpha value is -3.16. The summed E-state index contributed by atoms with van der Waals surface area (Å²) in [6.45, 7) is 0.652. The van der Waals surface area contributed by atoms with Gasteiger partial charge >= 0.3 is 0 Å². The average molecular weight is 388 g/mol. The molecule has 0 saturated carbocycles. The van der Waals surface area contributed by atoms with E-state index in [1.165, 1.54) is 21.3 Å². The van der Waals surface area contributed by atoms with E-state index in [-0.39, 0.29) is 18.2 Å². The number of anilines is 1. The van der Waals surface area contributed by atoms with E-state index in [1.807, 2.05) is 6.07 Å². The van der Waals surface area contributed by atoms with Gasteiger partial charge in [0.1, 0.15) is 5.76 Å². The van der Waals surface area contributed by atoms with Crippen molar-refractivity contribution in [2.45, 2.75) is 13.0 Å². The van der Waals surface area contributed by atoms with E-state index >= 15 is 0 Å². The van der Waals surface area contributed by atoms with Gasteiger partial charge in [0.05, 0.1) is 45.7 Å². The summed E-state index contributed by atoms with van der Waals surface area (Å²) < 4.78 is 21.3. The van der Waals surface area contributed by atoms with Crippen LogP contribution in [-0.4, -0.2) is 51.6 Å². The molecule has 8 nitrogen and oxygen atoms in total. The van der Waals surface area contributed by atoms with Gasteiger partial charge in [-0.15, -0.1) is 0 Å². The number of methoxy groups -OCH3 is 3. The van der Waals surface area contributed by atoms with Gasteiger partial charge in [-0.05, 0) is 12.1 Å². The van der Waals surface area contributed by atoms with Gasteiger partial charge in [-0.2, -0.15) is 0 Å². The molecule has 1 atom stereocenters. The van der Waals surface area contributed by atoms with E-state index in [0.717, 1.165) is 0 Å². The summed E-state index contributed by atoms with van der Waals surface area (Å²) in [5, 5.41) is 0. The number of rotatable bonds is 7. The zero-order valence-corrected chi connectivity index (χ0v) is 16.4. The second-order valence-electron chi connectivity index (χ2n) is 6.56. The number of benzene rings is 1. The second kappa shape index (κ2) is 8.24. The van der Waals surface area contributed by atoms with Gasteiger partial charge in [0, 0.05) is 32.1 Å². The summed E-state index contributed by atoms with van der Waals surface area (Å²) in [6, 6.07) is 7.00. The van der Waals surface area contributed by atoms with Crippen molar-refractivity contribution in [1.82, 2.24) is 4.90 Å². The van der Waals surface area contributed by atoms with Crippen molar-refractivity contribution in [3.63, 3.8) is 0 Å². The largest absolute Gasteiger partial charge is 0.493 e. The van der Waals surface area contributed by atoms with Crippen molar-refractivity contribution < 1.29 is 28.2 Å². The lowest BCUT2D eigenvalue weighted by molar-refractivity contribution is -0.135.